The monoisotopic (exact) mass is 203 g/mol. The fourth-order valence-corrected chi connectivity index (χ4v) is 2.18. The molecular weight excluding hydrogens is 190 g/mol. The minimum atomic E-state index is -0.239. The summed E-state index contributed by atoms with van der Waals surface area (Å²) in [5, 5.41) is 8.36. The number of nitrogens with zero attached hydrogens (tertiary/aromatic N) is 1. The molecule has 1 aliphatic carbocycles. The first kappa shape index (κ1) is 8.84. The molecule has 2 heterocycles. The number of nitrogens with one attached hydrogen (secondary N) is 2. The lowest BCUT2D eigenvalue weighted by atomic mass is 10.00. The van der Waals surface area contributed by atoms with Crippen molar-refractivity contribution < 1.29 is 0 Å². The zero-order chi connectivity index (χ0) is 10.4. The molecule has 1 aromatic rings. The van der Waals surface area contributed by atoms with E-state index in [1.165, 1.54) is 0 Å². The Bertz CT molecular complexity index is 509. The second kappa shape index (κ2) is 3.03. The van der Waals surface area contributed by atoms with E-state index in [9.17, 15) is 0 Å². The van der Waals surface area contributed by atoms with E-state index in [0.717, 1.165) is 16.3 Å². The first-order chi connectivity index (χ1) is 7.25. The maximum absolute atomic E-state index is 6.03. The number of fused-ring (bicyclic) bond motifs is 2. The third-order valence-corrected chi connectivity index (χ3v) is 2.83. The lowest BCUT2D eigenvalue weighted by Crippen LogP contribution is -2.51. The Morgan fingerprint density at radius 1 is 1.33 bits per heavy atom. The van der Waals surface area contributed by atoms with Crippen LogP contribution in [0.5, 0.6) is 0 Å². The Morgan fingerprint density at radius 3 is 3.07 bits per heavy atom. The van der Waals surface area contributed by atoms with Crippen LogP contribution in [-0.2, 0) is 0 Å². The molecule has 0 amide bonds. The van der Waals surface area contributed by atoms with Crippen LogP contribution >= 0.6 is 0 Å². The normalized spacial score (nSPS) is 32.7. The molecule has 5 heteroatoms. The Hall–Kier alpha value is -1.43. The van der Waals surface area contributed by atoms with E-state index in [2.05, 4.69) is 15.6 Å². The third kappa shape index (κ3) is 1.25. The van der Waals surface area contributed by atoms with E-state index in [4.69, 9.17) is 11.5 Å². The fraction of sp³-hybridized carbons (Fsp3) is 0.300. The van der Waals surface area contributed by atoms with E-state index in [0.29, 0.717) is 0 Å². The second-order valence-corrected chi connectivity index (χ2v) is 3.87. The predicted octanol–water partition coefficient (Wildman–Crippen LogP) is -2.89. The van der Waals surface area contributed by atoms with Crippen LogP contribution in [0.2, 0.25) is 0 Å². The number of hydrogen-bond donors (Lipinski definition) is 4. The first-order valence-electron chi connectivity index (χ1n) is 4.96. The Balaban J connectivity index is 2.31. The molecule has 0 saturated carbocycles. The lowest BCUT2D eigenvalue weighted by Gasteiger charge is -2.19. The standard InChI is InChI=1S/C10H13N5/c11-6-4-5-2-1-3-13-7(5)9-8(6)14-10(12)15-9/h1-4,6,8,10,14-15H,11-12H2. The number of hydrogen-bond acceptors (Lipinski definition) is 5. The number of nitrogens with two attached hydrogens (primary N) is 2. The molecule has 15 heavy (non-hydrogen) atoms. The average molecular weight is 203 g/mol. The van der Waals surface area contributed by atoms with Gasteiger partial charge in [-0.3, -0.25) is 16.0 Å². The third-order valence-electron chi connectivity index (χ3n) is 2.83. The summed E-state index contributed by atoms with van der Waals surface area (Å²) >= 11 is 0. The first-order valence-corrected chi connectivity index (χ1v) is 4.96. The summed E-state index contributed by atoms with van der Waals surface area (Å²) in [6, 6.07) is 3.92. The van der Waals surface area contributed by atoms with Gasteiger partial charge < -0.3 is 11.1 Å². The largest absolute Gasteiger partial charge is 0.358 e. The molecule has 6 N–H and O–H groups in total. The van der Waals surface area contributed by atoms with Gasteiger partial charge in [0.15, 0.2) is 0 Å². The maximum atomic E-state index is 6.03. The summed E-state index contributed by atoms with van der Waals surface area (Å²) in [7, 11) is 0. The molecule has 3 unspecified atom stereocenters. The number of aromatic nitrogens is 1. The smallest absolute Gasteiger partial charge is 0.130 e. The highest BCUT2D eigenvalue weighted by Crippen LogP contribution is 2.11. The van der Waals surface area contributed by atoms with Gasteiger partial charge in [-0.15, -0.1) is 0 Å². The summed E-state index contributed by atoms with van der Waals surface area (Å²) in [6.07, 6.45) is 3.56. The average Bonchev–Trinajstić information content (AvgIpc) is 2.61. The molecule has 2 aliphatic rings. The highest BCUT2D eigenvalue weighted by atomic mass is 15.3. The second-order valence-electron chi connectivity index (χ2n) is 3.87. The molecule has 1 saturated heterocycles. The Labute approximate surface area is 86.9 Å². The quantitative estimate of drug-likeness (QED) is 0.363. The van der Waals surface area contributed by atoms with E-state index < -0.39 is 0 Å². The van der Waals surface area contributed by atoms with Crippen molar-refractivity contribution in [1.29, 1.82) is 0 Å². The summed E-state index contributed by atoms with van der Waals surface area (Å²) < 4.78 is 0. The van der Waals surface area contributed by atoms with Gasteiger partial charge >= 0.3 is 0 Å². The molecule has 0 bridgehead atoms. The summed E-state index contributed by atoms with van der Waals surface area (Å²) in [5.41, 5.74) is 12.8. The maximum Gasteiger partial charge on any atom is 0.130 e. The molecule has 3 rings (SSSR count). The Morgan fingerprint density at radius 2 is 2.20 bits per heavy atom. The molecule has 1 aliphatic heterocycles. The molecule has 0 radical (unpaired) electrons. The van der Waals surface area contributed by atoms with Gasteiger partial charge in [-0.25, -0.2) is 0 Å². The zero-order valence-corrected chi connectivity index (χ0v) is 8.14. The van der Waals surface area contributed by atoms with E-state index >= 15 is 0 Å². The van der Waals surface area contributed by atoms with Crippen molar-refractivity contribution in [2.45, 2.75) is 18.4 Å². The van der Waals surface area contributed by atoms with E-state index in [1.807, 2.05) is 18.2 Å². The van der Waals surface area contributed by atoms with Crippen molar-refractivity contribution in [3.8, 4) is 0 Å². The Kier molecular flexibility index (Phi) is 1.79. The van der Waals surface area contributed by atoms with Crippen molar-refractivity contribution >= 4 is 11.8 Å². The van der Waals surface area contributed by atoms with Crippen molar-refractivity contribution in [2.24, 2.45) is 11.5 Å². The minimum Gasteiger partial charge on any atom is -0.358 e. The van der Waals surface area contributed by atoms with Crippen LogP contribution < -0.4 is 32.7 Å². The SMILES string of the molecule is NC1NC2=c3ncccc3=CC(N)C2N1. The highest BCUT2D eigenvalue weighted by molar-refractivity contribution is 5.59. The molecule has 1 fully saturated rings. The fourth-order valence-electron chi connectivity index (χ4n) is 2.18. The molecule has 0 aromatic carbocycles. The van der Waals surface area contributed by atoms with Crippen LogP contribution in [0.3, 0.4) is 0 Å². The van der Waals surface area contributed by atoms with Crippen LogP contribution in [0.1, 0.15) is 0 Å². The predicted molar refractivity (Wildman–Crippen MR) is 57.4 cm³/mol. The van der Waals surface area contributed by atoms with Crippen LogP contribution in [0.25, 0.3) is 11.8 Å². The van der Waals surface area contributed by atoms with Gasteiger partial charge in [0.1, 0.15) is 6.29 Å². The van der Waals surface area contributed by atoms with E-state index in [1.54, 1.807) is 6.20 Å². The number of pyridine rings is 1. The lowest BCUT2D eigenvalue weighted by molar-refractivity contribution is 0.521. The van der Waals surface area contributed by atoms with Crippen molar-refractivity contribution in [3.63, 3.8) is 0 Å². The van der Waals surface area contributed by atoms with Gasteiger partial charge in [0, 0.05) is 12.2 Å². The van der Waals surface area contributed by atoms with Crippen LogP contribution in [0.15, 0.2) is 18.3 Å². The van der Waals surface area contributed by atoms with Crippen molar-refractivity contribution in [1.82, 2.24) is 15.6 Å². The molecular formula is C10H13N5. The highest BCUT2D eigenvalue weighted by Gasteiger charge is 2.32. The topological polar surface area (TPSA) is 89.0 Å². The van der Waals surface area contributed by atoms with Gasteiger partial charge in [0.25, 0.3) is 0 Å². The van der Waals surface area contributed by atoms with Gasteiger partial charge in [-0.05, 0) is 11.3 Å². The minimum absolute atomic E-state index is 0.0576. The van der Waals surface area contributed by atoms with E-state index in [-0.39, 0.29) is 18.4 Å². The van der Waals surface area contributed by atoms with Crippen molar-refractivity contribution in [3.05, 3.63) is 28.9 Å². The molecule has 5 nitrogen and oxygen atoms in total. The van der Waals surface area contributed by atoms with Crippen LogP contribution in [0.4, 0.5) is 0 Å². The molecule has 0 spiro atoms. The number of rotatable bonds is 0. The summed E-state index contributed by atoms with van der Waals surface area (Å²) in [4.78, 5) is 4.35. The summed E-state index contributed by atoms with van der Waals surface area (Å²) in [6.45, 7) is 0. The van der Waals surface area contributed by atoms with Gasteiger partial charge in [-0.1, -0.05) is 12.1 Å². The van der Waals surface area contributed by atoms with Crippen LogP contribution in [-0.4, -0.2) is 23.4 Å². The van der Waals surface area contributed by atoms with Gasteiger partial charge in [-0.2, -0.15) is 0 Å². The van der Waals surface area contributed by atoms with Crippen LogP contribution in [0, 0.1) is 0 Å². The zero-order valence-electron chi connectivity index (χ0n) is 8.14. The molecule has 1 aromatic heterocycles. The molecule has 78 valence electrons. The van der Waals surface area contributed by atoms with Gasteiger partial charge in [0.05, 0.1) is 17.1 Å². The molecule has 3 atom stereocenters. The van der Waals surface area contributed by atoms with Gasteiger partial charge in [0.2, 0.25) is 0 Å². The summed E-state index contributed by atoms with van der Waals surface area (Å²) in [5.74, 6) is 0. The van der Waals surface area contributed by atoms with Crippen molar-refractivity contribution in [2.75, 3.05) is 0 Å².